The van der Waals surface area contributed by atoms with Gasteiger partial charge in [-0.05, 0) is 36.6 Å². The van der Waals surface area contributed by atoms with Crippen molar-refractivity contribution < 1.29 is 9.47 Å². The van der Waals surface area contributed by atoms with E-state index in [1.54, 1.807) is 0 Å². The monoisotopic (exact) mass is 295 g/mol. The third-order valence-electron chi connectivity index (χ3n) is 3.81. The molecule has 0 saturated heterocycles. The highest BCUT2D eigenvalue weighted by Gasteiger charge is 2.20. The average molecular weight is 295 g/mol. The largest absolute Gasteiger partial charge is 0.454 e. The van der Waals surface area contributed by atoms with Gasteiger partial charge in [0.1, 0.15) is 17.5 Å². The molecule has 0 aliphatic carbocycles. The van der Waals surface area contributed by atoms with E-state index in [9.17, 15) is 5.26 Å². The first-order valence-electron chi connectivity index (χ1n) is 7.24. The number of aromatic nitrogens is 1. The molecule has 1 aromatic carbocycles. The van der Waals surface area contributed by atoms with Crippen LogP contribution in [0.15, 0.2) is 18.2 Å². The molecule has 2 aromatic rings. The zero-order valence-corrected chi connectivity index (χ0v) is 12.6. The minimum atomic E-state index is 0.225. The number of aryl methyl sites for hydroxylation is 1. The zero-order chi connectivity index (χ0) is 15.7. The third kappa shape index (κ3) is 2.23. The fourth-order valence-corrected chi connectivity index (χ4v) is 2.80. The summed E-state index contributed by atoms with van der Waals surface area (Å²) in [6, 6.07) is 7.89. The number of benzene rings is 1. The van der Waals surface area contributed by atoms with Crippen LogP contribution in [-0.4, -0.2) is 11.8 Å². The van der Waals surface area contributed by atoms with Crippen molar-refractivity contribution in [2.24, 2.45) is 0 Å². The van der Waals surface area contributed by atoms with Crippen molar-refractivity contribution in [2.45, 2.75) is 26.7 Å². The van der Waals surface area contributed by atoms with Gasteiger partial charge in [-0.1, -0.05) is 19.4 Å². The molecule has 0 fully saturated rings. The average Bonchev–Trinajstić information content (AvgIpc) is 2.97. The van der Waals surface area contributed by atoms with Crippen LogP contribution >= 0.6 is 0 Å². The molecule has 0 saturated carbocycles. The molecule has 2 heterocycles. The van der Waals surface area contributed by atoms with Gasteiger partial charge in [-0.2, -0.15) is 5.26 Å². The third-order valence-corrected chi connectivity index (χ3v) is 3.81. The Bertz CT molecular complexity index is 778. The predicted molar refractivity (Wildman–Crippen MR) is 83.7 cm³/mol. The lowest BCUT2D eigenvalue weighted by Gasteiger charge is -2.15. The highest BCUT2D eigenvalue weighted by molar-refractivity contribution is 5.80. The summed E-state index contributed by atoms with van der Waals surface area (Å²) >= 11 is 0. The standard InChI is InChI=1S/C17H17N3O2/c1-3-4-12-10(2)20-17(19)13(8-18)16(12)11-5-6-14-15(7-11)22-9-21-14/h5-7H,3-4,9H2,1-2H3,(H2,19,20). The molecule has 0 unspecified atom stereocenters. The van der Waals surface area contributed by atoms with Gasteiger partial charge < -0.3 is 15.2 Å². The Kier molecular flexibility index (Phi) is 3.60. The van der Waals surface area contributed by atoms with E-state index in [0.717, 1.165) is 41.0 Å². The van der Waals surface area contributed by atoms with E-state index in [1.165, 1.54) is 0 Å². The van der Waals surface area contributed by atoms with Crippen molar-refractivity contribution in [1.82, 2.24) is 4.98 Å². The first-order chi connectivity index (χ1) is 10.7. The number of rotatable bonds is 3. The molecule has 0 radical (unpaired) electrons. The fourth-order valence-electron chi connectivity index (χ4n) is 2.80. The molecule has 1 aliphatic rings. The summed E-state index contributed by atoms with van der Waals surface area (Å²) < 4.78 is 10.8. The fraction of sp³-hybridized carbons (Fsp3) is 0.294. The van der Waals surface area contributed by atoms with Crippen LogP contribution in [0.3, 0.4) is 0 Å². The molecule has 112 valence electrons. The summed E-state index contributed by atoms with van der Waals surface area (Å²) in [5.41, 5.74) is 10.1. The number of nitriles is 1. The number of nitrogens with zero attached hydrogens (tertiary/aromatic N) is 2. The zero-order valence-electron chi connectivity index (χ0n) is 12.6. The lowest BCUT2D eigenvalue weighted by Crippen LogP contribution is -2.05. The Morgan fingerprint density at radius 2 is 2.09 bits per heavy atom. The van der Waals surface area contributed by atoms with E-state index in [4.69, 9.17) is 15.2 Å². The number of anilines is 1. The number of hydrogen-bond acceptors (Lipinski definition) is 5. The maximum absolute atomic E-state index is 9.51. The molecular weight excluding hydrogens is 278 g/mol. The number of nitrogen functional groups attached to an aromatic ring is 1. The molecule has 5 nitrogen and oxygen atoms in total. The van der Waals surface area contributed by atoms with Crippen molar-refractivity contribution in [3.05, 3.63) is 35.0 Å². The Balaban J connectivity index is 2.26. The van der Waals surface area contributed by atoms with Crippen LogP contribution in [0, 0.1) is 18.3 Å². The molecule has 0 atom stereocenters. The van der Waals surface area contributed by atoms with E-state index in [0.29, 0.717) is 11.3 Å². The normalized spacial score (nSPS) is 12.2. The number of fused-ring (bicyclic) bond motifs is 1. The first kappa shape index (κ1) is 14.2. The second kappa shape index (κ2) is 5.57. The van der Waals surface area contributed by atoms with Gasteiger partial charge in [0.25, 0.3) is 0 Å². The van der Waals surface area contributed by atoms with E-state index in [1.807, 2.05) is 25.1 Å². The minimum Gasteiger partial charge on any atom is -0.454 e. The van der Waals surface area contributed by atoms with Crippen LogP contribution in [0.5, 0.6) is 11.5 Å². The molecule has 3 rings (SSSR count). The van der Waals surface area contributed by atoms with Crippen LogP contribution < -0.4 is 15.2 Å². The van der Waals surface area contributed by atoms with Crippen molar-refractivity contribution in [2.75, 3.05) is 12.5 Å². The Morgan fingerprint density at radius 1 is 1.32 bits per heavy atom. The molecule has 1 aromatic heterocycles. The smallest absolute Gasteiger partial charge is 0.231 e. The summed E-state index contributed by atoms with van der Waals surface area (Å²) in [7, 11) is 0. The lowest BCUT2D eigenvalue weighted by molar-refractivity contribution is 0.174. The molecule has 2 N–H and O–H groups in total. The number of pyridine rings is 1. The van der Waals surface area contributed by atoms with Crippen LogP contribution in [-0.2, 0) is 6.42 Å². The van der Waals surface area contributed by atoms with Crippen molar-refractivity contribution in [3.8, 4) is 28.7 Å². The van der Waals surface area contributed by atoms with E-state index in [-0.39, 0.29) is 12.6 Å². The van der Waals surface area contributed by atoms with Crippen LogP contribution in [0.25, 0.3) is 11.1 Å². The Morgan fingerprint density at radius 3 is 2.82 bits per heavy atom. The first-order valence-corrected chi connectivity index (χ1v) is 7.24. The predicted octanol–water partition coefficient (Wildman–Crippen LogP) is 3.19. The number of nitrogens with two attached hydrogens (primary N) is 1. The Labute approximate surface area is 129 Å². The summed E-state index contributed by atoms with van der Waals surface area (Å²) in [5.74, 6) is 1.68. The van der Waals surface area contributed by atoms with Gasteiger partial charge >= 0.3 is 0 Å². The van der Waals surface area contributed by atoms with E-state index in [2.05, 4.69) is 18.0 Å². The molecule has 5 heteroatoms. The van der Waals surface area contributed by atoms with Gasteiger partial charge in [0.05, 0.1) is 0 Å². The highest BCUT2D eigenvalue weighted by Crippen LogP contribution is 2.39. The maximum atomic E-state index is 9.51. The summed E-state index contributed by atoms with van der Waals surface area (Å²) in [4.78, 5) is 4.32. The van der Waals surface area contributed by atoms with Gasteiger partial charge in [-0.25, -0.2) is 4.98 Å². The lowest BCUT2D eigenvalue weighted by atomic mass is 9.92. The minimum absolute atomic E-state index is 0.225. The molecule has 0 bridgehead atoms. The van der Waals surface area contributed by atoms with E-state index >= 15 is 0 Å². The summed E-state index contributed by atoms with van der Waals surface area (Å²) in [6.07, 6.45) is 1.81. The summed E-state index contributed by atoms with van der Waals surface area (Å²) in [5, 5.41) is 9.51. The van der Waals surface area contributed by atoms with E-state index < -0.39 is 0 Å². The van der Waals surface area contributed by atoms with Crippen molar-refractivity contribution >= 4 is 5.82 Å². The molecule has 0 amide bonds. The van der Waals surface area contributed by atoms with Crippen LogP contribution in [0.1, 0.15) is 30.2 Å². The number of ether oxygens (including phenoxy) is 2. The van der Waals surface area contributed by atoms with Gasteiger partial charge in [-0.15, -0.1) is 0 Å². The quantitative estimate of drug-likeness (QED) is 0.940. The molecule has 1 aliphatic heterocycles. The van der Waals surface area contributed by atoms with Gasteiger partial charge in [0.15, 0.2) is 11.5 Å². The maximum Gasteiger partial charge on any atom is 0.231 e. The topological polar surface area (TPSA) is 81.2 Å². The summed E-state index contributed by atoms with van der Waals surface area (Å²) in [6.45, 7) is 4.26. The van der Waals surface area contributed by atoms with Gasteiger partial charge in [-0.3, -0.25) is 0 Å². The van der Waals surface area contributed by atoms with Crippen molar-refractivity contribution in [1.29, 1.82) is 5.26 Å². The van der Waals surface area contributed by atoms with Crippen LogP contribution in [0.2, 0.25) is 0 Å². The molecule has 22 heavy (non-hydrogen) atoms. The van der Waals surface area contributed by atoms with Crippen molar-refractivity contribution in [3.63, 3.8) is 0 Å². The molecule has 0 spiro atoms. The van der Waals surface area contributed by atoms with Gasteiger partial charge in [0.2, 0.25) is 6.79 Å². The Hall–Kier alpha value is -2.74. The van der Waals surface area contributed by atoms with Crippen LogP contribution in [0.4, 0.5) is 5.82 Å². The second-order valence-electron chi connectivity index (χ2n) is 5.24. The van der Waals surface area contributed by atoms with Gasteiger partial charge in [0, 0.05) is 11.3 Å². The number of hydrogen-bond donors (Lipinski definition) is 1. The highest BCUT2D eigenvalue weighted by atomic mass is 16.7. The second-order valence-corrected chi connectivity index (χ2v) is 5.24. The SMILES string of the molecule is CCCc1c(C)nc(N)c(C#N)c1-c1ccc2c(c1)OCO2. The molecular formula is C17H17N3O2.